The second kappa shape index (κ2) is 10.0. The summed E-state index contributed by atoms with van der Waals surface area (Å²) in [4.78, 5) is 22.9. The second-order valence-corrected chi connectivity index (χ2v) is 8.20. The quantitative estimate of drug-likeness (QED) is 0.585. The van der Waals surface area contributed by atoms with Crippen molar-refractivity contribution in [1.82, 2.24) is 14.9 Å². The Hall–Kier alpha value is -2.78. The maximum atomic E-state index is 15.2. The molecule has 0 spiro atoms. The predicted molar refractivity (Wildman–Crippen MR) is 118 cm³/mol. The van der Waals surface area contributed by atoms with Crippen molar-refractivity contribution in [3.63, 3.8) is 0 Å². The largest absolute Gasteiger partial charge is 0.391 e. The molecule has 3 atom stereocenters. The molecule has 1 aliphatic heterocycles. The van der Waals surface area contributed by atoms with E-state index < -0.39 is 17.8 Å². The molecule has 0 bridgehead atoms. The van der Waals surface area contributed by atoms with Crippen LogP contribution >= 0.6 is 0 Å². The molecule has 2 heterocycles. The van der Waals surface area contributed by atoms with Gasteiger partial charge in [0.25, 0.3) is 0 Å². The van der Waals surface area contributed by atoms with E-state index in [-0.39, 0.29) is 30.1 Å². The number of amides is 1. The minimum atomic E-state index is -0.631. The number of aliphatic hydroxyl groups excluding tert-OH is 1. The molecule has 8 nitrogen and oxygen atoms in total. The molecule has 1 amide bonds. The SMILES string of the molecule is Cc1ccccc1[C@@H](C)N(C)c1ncnc(NC[C@H]2CCN(CC(N)=O)C[C@@H]2O)c1F. The predicted octanol–water partition coefficient (Wildman–Crippen LogP) is 1.70. The Kier molecular flexibility index (Phi) is 7.40. The first-order valence-electron chi connectivity index (χ1n) is 10.5. The van der Waals surface area contributed by atoms with Crippen LogP contribution in [0.4, 0.5) is 16.0 Å². The van der Waals surface area contributed by atoms with E-state index >= 15 is 4.39 Å². The van der Waals surface area contributed by atoms with E-state index in [2.05, 4.69) is 15.3 Å². The lowest BCUT2D eigenvalue weighted by atomic mass is 9.93. The summed E-state index contributed by atoms with van der Waals surface area (Å²) >= 11 is 0. The van der Waals surface area contributed by atoms with Gasteiger partial charge < -0.3 is 21.1 Å². The minimum Gasteiger partial charge on any atom is -0.391 e. The number of nitrogens with two attached hydrogens (primary N) is 1. The molecule has 3 rings (SSSR count). The first kappa shape index (κ1) is 22.9. The summed E-state index contributed by atoms with van der Waals surface area (Å²) in [6, 6.07) is 7.93. The molecule has 1 saturated heterocycles. The Bertz CT molecular complexity index is 911. The number of hydrogen-bond donors (Lipinski definition) is 3. The Morgan fingerprint density at radius 2 is 2.16 bits per heavy atom. The zero-order chi connectivity index (χ0) is 22.5. The average molecular weight is 431 g/mol. The van der Waals surface area contributed by atoms with Crippen LogP contribution < -0.4 is 16.0 Å². The minimum absolute atomic E-state index is 0.0742. The van der Waals surface area contributed by atoms with Crippen LogP contribution in [0.15, 0.2) is 30.6 Å². The summed E-state index contributed by atoms with van der Waals surface area (Å²) in [6.07, 6.45) is 1.38. The Balaban J connectivity index is 1.66. The van der Waals surface area contributed by atoms with Crippen molar-refractivity contribution in [3.05, 3.63) is 47.5 Å². The third-order valence-corrected chi connectivity index (χ3v) is 6.04. The van der Waals surface area contributed by atoms with Crippen molar-refractivity contribution in [2.75, 3.05) is 43.4 Å². The number of primary amides is 1. The molecular formula is C22H31FN6O2. The van der Waals surface area contributed by atoms with E-state index in [4.69, 9.17) is 5.73 Å². The number of carbonyl (C=O) groups excluding carboxylic acids is 1. The number of piperidine rings is 1. The van der Waals surface area contributed by atoms with Gasteiger partial charge in [-0.1, -0.05) is 24.3 Å². The number of aromatic nitrogens is 2. The van der Waals surface area contributed by atoms with E-state index in [1.165, 1.54) is 6.33 Å². The van der Waals surface area contributed by atoms with Crippen molar-refractivity contribution in [1.29, 1.82) is 0 Å². The van der Waals surface area contributed by atoms with Gasteiger partial charge in [0.1, 0.15) is 6.33 Å². The van der Waals surface area contributed by atoms with Crippen LogP contribution in [0.1, 0.15) is 30.5 Å². The number of carbonyl (C=O) groups is 1. The van der Waals surface area contributed by atoms with E-state index in [0.29, 0.717) is 26.1 Å². The monoisotopic (exact) mass is 430 g/mol. The van der Waals surface area contributed by atoms with Gasteiger partial charge in [0, 0.05) is 26.1 Å². The molecule has 0 saturated carbocycles. The van der Waals surface area contributed by atoms with Crippen LogP contribution in [0, 0.1) is 18.7 Å². The van der Waals surface area contributed by atoms with Gasteiger partial charge >= 0.3 is 0 Å². The fourth-order valence-corrected chi connectivity index (χ4v) is 4.05. The molecule has 1 aliphatic rings. The van der Waals surface area contributed by atoms with Crippen LogP contribution in [-0.2, 0) is 4.79 Å². The van der Waals surface area contributed by atoms with Crippen molar-refractivity contribution in [3.8, 4) is 0 Å². The molecule has 0 radical (unpaired) electrons. The topological polar surface area (TPSA) is 108 Å². The average Bonchev–Trinajstić information content (AvgIpc) is 2.73. The molecule has 0 aliphatic carbocycles. The fraction of sp³-hybridized carbons (Fsp3) is 0.500. The second-order valence-electron chi connectivity index (χ2n) is 8.20. The number of benzene rings is 1. The van der Waals surface area contributed by atoms with Crippen LogP contribution in [0.3, 0.4) is 0 Å². The summed E-state index contributed by atoms with van der Waals surface area (Å²) in [6.45, 7) is 5.56. The molecule has 2 aromatic rings. The number of β-amino-alcohol motifs (C(OH)–C–C–N with tert-alkyl or cyclic N) is 1. The highest BCUT2D eigenvalue weighted by Gasteiger charge is 2.29. The highest BCUT2D eigenvalue weighted by Crippen LogP contribution is 2.29. The van der Waals surface area contributed by atoms with Crippen molar-refractivity contribution in [2.45, 2.75) is 32.4 Å². The lowest BCUT2D eigenvalue weighted by Gasteiger charge is -2.35. The van der Waals surface area contributed by atoms with Crippen molar-refractivity contribution < 1.29 is 14.3 Å². The maximum Gasteiger partial charge on any atom is 0.231 e. The molecule has 0 unspecified atom stereocenters. The third kappa shape index (κ3) is 5.48. The standard InChI is InChI=1S/C22H31FN6O2/c1-14-6-4-5-7-17(14)15(2)28(3)22-20(23)21(26-13-27-22)25-10-16-8-9-29(11-18(16)30)12-19(24)31/h4-7,13,15-16,18,30H,8-12H2,1-3H3,(H2,24,31)(H,25,26,27)/t15-,16-,18+/m1/s1. The Morgan fingerprint density at radius 3 is 2.84 bits per heavy atom. The first-order valence-corrected chi connectivity index (χ1v) is 10.5. The van der Waals surface area contributed by atoms with Crippen LogP contribution in [0.25, 0.3) is 0 Å². The van der Waals surface area contributed by atoms with Gasteiger partial charge in [-0.15, -0.1) is 0 Å². The number of hydrogen-bond acceptors (Lipinski definition) is 7. The van der Waals surface area contributed by atoms with Crippen LogP contribution in [0.2, 0.25) is 0 Å². The molecular weight excluding hydrogens is 399 g/mol. The van der Waals surface area contributed by atoms with Gasteiger partial charge in [-0.05, 0) is 37.9 Å². The highest BCUT2D eigenvalue weighted by atomic mass is 19.1. The smallest absolute Gasteiger partial charge is 0.231 e. The molecule has 1 aromatic carbocycles. The lowest BCUT2D eigenvalue weighted by Crippen LogP contribution is -2.48. The molecule has 31 heavy (non-hydrogen) atoms. The molecule has 9 heteroatoms. The summed E-state index contributed by atoms with van der Waals surface area (Å²) in [7, 11) is 1.81. The number of nitrogens with zero attached hydrogens (tertiary/aromatic N) is 4. The van der Waals surface area contributed by atoms with Gasteiger partial charge in [0.05, 0.1) is 18.7 Å². The zero-order valence-corrected chi connectivity index (χ0v) is 18.3. The van der Waals surface area contributed by atoms with Crippen molar-refractivity contribution >= 4 is 17.5 Å². The van der Waals surface area contributed by atoms with Crippen LogP contribution in [0.5, 0.6) is 0 Å². The van der Waals surface area contributed by atoms with E-state index in [1.807, 2.05) is 50.1 Å². The van der Waals surface area contributed by atoms with E-state index in [1.54, 1.807) is 4.90 Å². The third-order valence-electron chi connectivity index (χ3n) is 6.04. The first-order chi connectivity index (χ1) is 14.8. The summed E-state index contributed by atoms with van der Waals surface area (Å²) in [5, 5.41) is 13.4. The normalized spacial score (nSPS) is 20.3. The lowest BCUT2D eigenvalue weighted by molar-refractivity contribution is -0.120. The fourth-order valence-electron chi connectivity index (χ4n) is 4.05. The summed E-state index contributed by atoms with van der Waals surface area (Å²) < 4.78 is 15.2. The number of halogens is 1. The maximum absolute atomic E-state index is 15.2. The van der Waals surface area contributed by atoms with Gasteiger partial charge in [0.2, 0.25) is 11.7 Å². The summed E-state index contributed by atoms with van der Waals surface area (Å²) in [5.41, 5.74) is 7.46. The summed E-state index contributed by atoms with van der Waals surface area (Å²) in [5.74, 6) is -0.689. The van der Waals surface area contributed by atoms with Crippen LogP contribution in [-0.4, -0.2) is 65.2 Å². The van der Waals surface area contributed by atoms with E-state index in [0.717, 1.165) is 11.1 Å². The Labute approximate surface area is 182 Å². The molecule has 168 valence electrons. The molecule has 1 aromatic heterocycles. The number of aliphatic hydroxyl groups is 1. The zero-order valence-electron chi connectivity index (χ0n) is 18.3. The number of nitrogens with one attached hydrogen (secondary N) is 1. The Morgan fingerprint density at radius 1 is 1.42 bits per heavy atom. The van der Waals surface area contributed by atoms with Gasteiger partial charge in [-0.25, -0.2) is 9.97 Å². The van der Waals surface area contributed by atoms with E-state index in [9.17, 15) is 9.90 Å². The number of anilines is 2. The van der Waals surface area contributed by atoms with Crippen molar-refractivity contribution in [2.24, 2.45) is 11.7 Å². The highest BCUT2D eigenvalue weighted by molar-refractivity contribution is 5.75. The number of likely N-dealkylation sites (tertiary alicyclic amines) is 1. The number of rotatable bonds is 8. The van der Waals surface area contributed by atoms with Gasteiger partial charge in [-0.3, -0.25) is 9.69 Å². The number of aryl methyl sites for hydroxylation is 1. The van der Waals surface area contributed by atoms with Gasteiger partial charge in [0.15, 0.2) is 11.6 Å². The molecule has 1 fully saturated rings. The van der Waals surface area contributed by atoms with Gasteiger partial charge in [-0.2, -0.15) is 4.39 Å². The molecule has 4 N–H and O–H groups in total.